The number of nitrogens with one attached hydrogen (secondary N) is 1. The summed E-state index contributed by atoms with van der Waals surface area (Å²) in [7, 11) is 1.87. The van der Waals surface area contributed by atoms with E-state index in [-0.39, 0.29) is 0 Å². The summed E-state index contributed by atoms with van der Waals surface area (Å²) in [5.74, 6) is -1.02. The number of ketones is 1. The van der Waals surface area contributed by atoms with Gasteiger partial charge in [-0.2, -0.15) is 0 Å². The number of rotatable bonds is 6. The Hall–Kier alpha value is -2.88. The predicted molar refractivity (Wildman–Crippen MR) is 95.0 cm³/mol. The number of nitrogens with zero attached hydrogens (tertiary/aromatic N) is 1. The van der Waals surface area contributed by atoms with E-state index in [0.29, 0.717) is 12.1 Å². The zero-order valence-electron chi connectivity index (χ0n) is 13.7. The van der Waals surface area contributed by atoms with Crippen LogP contribution in [0.25, 0.3) is 10.9 Å². The van der Waals surface area contributed by atoms with Crippen molar-refractivity contribution in [3.05, 3.63) is 71.9 Å². The molecule has 0 unspecified atom stereocenters. The molecule has 1 heterocycles. The van der Waals surface area contributed by atoms with Crippen LogP contribution in [-0.2, 0) is 18.3 Å². The molecule has 2 aromatic carbocycles. The largest absolute Gasteiger partial charge is 0.350 e. The summed E-state index contributed by atoms with van der Waals surface area (Å²) in [4.78, 5) is 24.5. The van der Waals surface area contributed by atoms with Gasteiger partial charge in [0, 0.05) is 30.7 Å². The summed E-state index contributed by atoms with van der Waals surface area (Å²) >= 11 is 0. The van der Waals surface area contributed by atoms with Crippen LogP contribution < -0.4 is 5.32 Å². The maximum atomic E-state index is 12.4. The molecule has 3 aromatic rings. The molecule has 122 valence electrons. The molecule has 0 aliphatic heterocycles. The molecule has 24 heavy (non-hydrogen) atoms. The first kappa shape index (κ1) is 16.0. The number of amides is 1. The highest BCUT2D eigenvalue weighted by atomic mass is 16.2. The van der Waals surface area contributed by atoms with E-state index >= 15 is 0 Å². The molecule has 0 fully saturated rings. The minimum absolute atomic E-state index is 0.452. The monoisotopic (exact) mass is 320 g/mol. The van der Waals surface area contributed by atoms with Crippen molar-refractivity contribution < 1.29 is 9.59 Å². The van der Waals surface area contributed by atoms with Crippen molar-refractivity contribution in [1.82, 2.24) is 9.88 Å². The van der Waals surface area contributed by atoms with Crippen molar-refractivity contribution in [1.29, 1.82) is 0 Å². The highest BCUT2D eigenvalue weighted by Crippen LogP contribution is 2.20. The van der Waals surface area contributed by atoms with E-state index in [0.717, 1.165) is 23.7 Å². The van der Waals surface area contributed by atoms with Crippen molar-refractivity contribution >= 4 is 22.6 Å². The van der Waals surface area contributed by atoms with Gasteiger partial charge in [-0.3, -0.25) is 9.59 Å². The van der Waals surface area contributed by atoms with Crippen LogP contribution in [0.5, 0.6) is 0 Å². The SMILES string of the molecule is Cn1cc(C(=O)C(=O)NCCCc2ccccc2)c2ccccc21. The third-order valence-electron chi connectivity index (χ3n) is 4.12. The molecule has 1 aromatic heterocycles. The highest BCUT2D eigenvalue weighted by molar-refractivity contribution is 6.45. The summed E-state index contributed by atoms with van der Waals surface area (Å²) in [6.07, 6.45) is 3.40. The average Bonchev–Trinajstić information content (AvgIpc) is 2.96. The van der Waals surface area contributed by atoms with E-state index in [1.165, 1.54) is 5.56 Å². The number of hydrogen-bond donors (Lipinski definition) is 1. The molecule has 0 atom stereocenters. The Morgan fingerprint density at radius 3 is 2.50 bits per heavy atom. The summed E-state index contributed by atoms with van der Waals surface area (Å²) < 4.78 is 1.87. The highest BCUT2D eigenvalue weighted by Gasteiger charge is 2.20. The van der Waals surface area contributed by atoms with E-state index < -0.39 is 11.7 Å². The zero-order valence-corrected chi connectivity index (χ0v) is 13.7. The van der Waals surface area contributed by atoms with Crippen molar-refractivity contribution in [2.75, 3.05) is 6.54 Å². The molecule has 0 saturated heterocycles. The standard InChI is InChI=1S/C20H20N2O2/c1-22-14-17(16-11-5-6-12-18(16)22)19(23)20(24)21-13-7-10-15-8-3-2-4-9-15/h2-6,8-9,11-12,14H,7,10,13H2,1H3,(H,21,24). The molecule has 0 aliphatic rings. The van der Waals surface area contributed by atoms with Gasteiger partial charge >= 0.3 is 0 Å². The quantitative estimate of drug-likeness (QED) is 0.431. The summed E-state index contributed by atoms with van der Waals surface area (Å²) in [6, 6.07) is 17.7. The number of carbonyl (C=O) groups excluding carboxylic acids is 2. The molecular weight excluding hydrogens is 300 g/mol. The molecule has 0 saturated carbocycles. The average molecular weight is 320 g/mol. The van der Waals surface area contributed by atoms with Crippen LogP contribution in [0.3, 0.4) is 0 Å². The first-order chi connectivity index (χ1) is 11.7. The Kier molecular flexibility index (Phi) is 4.75. The smallest absolute Gasteiger partial charge is 0.292 e. The Balaban J connectivity index is 1.59. The van der Waals surface area contributed by atoms with Gasteiger partial charge in [0.25, 0.3) is 11.7 Å². The lowest BCUT2D eigenvalue weighted by Crippen LogP contribution is -2.31. The summed E-state index contributed by atoms with van der Waals surface area (Å²) in [5, 5.41) is 3.54. The molecule has 4 heteroatoms. The fourth-order valence-electron chi connectivity index (χ4n) is 2.86. The minimum Gasteiger partial charge on any atom is -0.350 e. The van der Waals surface area contributed by atoms with Gasteiger partial charge in [0.1, 0.15) is 0 Å². The number of carbonyl (C=O) groups is 2. The van der Waals surface area contributed by atoms with Crippen LogP contribution in [0.1, 0.15) is 22.3 Å². The van der Waals surface area contributed by atoms with E-state index in [2.05, 4.69) is 17.4 Å². The number of benzene rings is 2. The van der Waals surface area contributed by atoms with Gasteiger partial charge in [-0.05, 0) is 24.5 Å². The van der Waals surface area contributed by atoms with Crippen LogP contribution in [0.15, 0.2) is 60.8 Å². The van der Waals surface area contributed by atoms with Gasteiger partial charge in [0.2, 0.25) is 0 Å². The van der Waals surface area contributed by atoms with Crippen molar-refractivity contribution in [2.24, 2.45) is 7.05 Å². The number of fused-ring (bicyclic) bond motifs is 1. The molecule has 0 bridgehead atoms. The zero-order chi connectivity index (χ0) is 16.9. The number of aromatic nitrogens is 1. The van der Waals surface area contributed by atoms with Gasteiger partial charge in [0.15, 0.2) is 0 Å². The topological polar surface area (TPSA) is 51.1 Å². The predicted octanol–water partition coefficient (Wildman–Crippen LogP) is 3.11. The van der Waals surface area contributed by atoms with E-state index in [1.54, 1.807) is 6.20 Å². The second-order valence-electron chi connectivity index (χ2n) is 5.85. The lowest BCUT2D eigenvalue weighted by atomic mass is 10.1. The molecule has 0 aliphatic carbocycles. The molecular formula is C20H20N2O2. The van der Waals surface area contributed by atoms with Gasteiger partial charge < -0.3 is 9.88 Å². The third-order valence-corrected chi connectivity index (χ3v) is 4.12. The lowest BCUT2D eigenvalue weighted by Gasteiger charge is -2.04. The van der Waals surface area contributed by atoms with Crippen molar-refractivity contribution in [3.63, 3.8) is 0 Å². The van der Waals surface area contributed by atoms with E-state index in [4.69, 9.17) is 0 Å². The second-order valence-corrected chi connectivity index (χ2v) is 5.85. The molecule has 4 nitrogen and oxygen atoms in total. The molecule has 1 N–H and O–H groups in total. The summed E-state index contributed by atoms with van der Waals surface area (Å²) in [6.45, 7) is 0.490. The Morgan fingerprint density at radius 2 is 1.71 bits per heavy atom. The number of hydrogen-bond acceptors (Lipinski definition) is 2. The second kappa shape index (κ2) is 7.13. The van der Waals surface area contributed by atoms with E-state index in [9.17, 15) is 9.59 Å². The van der Waals surface area contributed by atoms with Crippen LogP contribution in [0.4, 0.5) is 0 Å². The third kappa shape index (κ3) is 3.38. The van der Waals surface area contributed by atoms with Crippen molar-refractivity contribution in [2.45, 2.75) is 12.8 Å². The first-order valence-corrected chi connectivity index (χ1v) is 8.07. The van der Waals surface area contributed by atoms with Crippen LogP contribution in [0, 0.1) is 0 Å². The van der Waals surface area contributed by atoms with E-state index in [1.807, 2.05) is 54.1 Å². The maximum Gasteiger partial charge on any atom is 0.292 e. The molecule has 0 spiro atoms. The summed E-state index contributed by atoms with van der Waals surface area (Å²) in [5.41, 5.74) is 2.62. The fraction of sp³-hybridized carbons (Fsp3) is 0.200. The molecule has 3 rings (SSSR count). The Labute approximate surface area is 141 Å². The number of Topliss-reactive ketones (excluding diaryl/α,β-unsaturated/α-hetero) is 1. The minimum atomic E-state index is -0.542. The van der Waals surface area contributed by atoms with Crippen molar-refractivity contribution in [3.8, 4) is 0 Å². The van der Waals surface area contributed by atoms with Gasteiger partial charge in [-0.1, -0.05) is 48.5 Å². The number of para-hydroxylation sites is 1. The maximum absolute atomic E-state index is 12.4. The molecule has 1 amide bonds. The molecule has 0 radical (unpaired) electrons. The number of aryl methyl sites for hydroxylation is 2. The van der Waals surface area contributed by atoms with Gasteiger partial charge in [-0.15, -0.1) is 0 Å². The normalized spacial score (nSPS) is 10.7. The Morgan fingerprint density at radius 1 is 1.00 bits per heavy atom. The fourth-order valence-corrected chi connectivity index (χ4v) is 2.86. The van der Waals surface area contributed by atoms with Gasteiger partial charge in [0.05, 0.1) is 5.56 Å². The first-order valence-electron chi connectivity index (χ1n) is 8.07. The Bertz CT molecular complexity index is 866. The lowest BCUT2D eigenvalue weighted by molar-refractivity contribution is -0.117. The van der Waals surface area contributed by atoms with Crippen LogP contribution in [-0.4, -0.2) is 22.8 Å². The van der Waals surface area contributed by atoms with Gasteiger partial charge in [-0.25, -0.2) is 0 Å². The van der Waals surface area contributed by atoms with Crippen LogP contribution in [0.2, 0.25) is 0 Å². The van der Waals surface area contributed by atoms with Crippen LogP contribution >= 0.6 is 0 Å².